The molecule has 116 valence electrons. The summed E-state index contributed by atoms with van der Waals surface area (Å²) in [5, 5.41) is 0.322. The summed E-state index contributed by atoms with van der Waals surface area (Å²) in [4.78, 5) is 30.1. The van der Waals surface area contributed by atoms with Crippen molar-refractivity contribution in [1.82, 2.24) is 9.55 Å². The predicted octanol–water partition coefficient (Wildman–Crippen LogP) is 2.98. The van der Waals surface area contributed by atoms with E-state index in [1.165, 1.54) is 30.3 Å². The molecular weight excluding hydrogens is 314 g/mol. The highest BCUT2D eigenvalue weighted by atomic mass is 35.5. The van der Waals surface area contributed by atoms with Crippen LogP contribution in [0.2, 0.25) is 5.02 Å². The van der Waals surface area contributed by atoms with E-state index in [-0.39, 0.29) is 11.5 Å². The summed E-state index contributed by atoms with van der Waals surface area (Å²) in [5.41, 5.74) is 3.70. The molecule has 5 nitrogen and oxygen atoms in total. The molecule has 2 aromatic rings. The maximum Gasteiger partial charge on any atom is 0.276 e. The second kappa shape index (κ2) is 4.45. The first-order valence-corrected chi connectivity index (χ1v) is 8.23. The molecule has 1 unspecified atom stereocenters. The van der Waals surface area contributed by atoms with Gasteiger partial charge in [-0.3, -0.25) is 14.5 Å². The molecule has 3 aliphatic rings. The Labute approximate surface area is 137 Å². The predicted molar refractivity (Wildman–Crippen MR) is 85.5 cm³/mol. The van der Waals surface area contributed by atoms with Crippen LogP contribution in [0.25, 0.3) is 0 Å². The monoisotopic (exact) mass is 327 g/mol. The van der Waals surface area contributed by atoms with Crippen molar-refractivity contribution in [3.8, 4) is 0 Å². The highest BCUT2D eigenvalue weighted by Gasteiger charge is 2.49. The lowest BCUT2D eigenvalue weighted by Crippen LogP contribution is -2.43. The van der Waals surface area contributed by atoms with E-state index in [1.54, 1.807) is 11.0 Å². The van der Waals surface area contributed by atoms with Gasteiger partial charge in [0.15, 0.2) is 6.29 Å². The summed E-state index contributed by atoms with van der Waals surface area (Å²) in [7, 11) is 0. The summed E-state index contributed by atoms with van der Waals surface area (Å²) in [6.07, 6.45) is 4.68. The minimum absolute atomic E-state index is 0.0945. The second-order valence-corrected chi connectivity index (χ2v) is 6.82. The molecule has 23 heavy (non-hydrogen) atoms. The number of amides is 1. The van der Waals surface area contributed by atoms with Gasteiger partial charge in [0.2, 0.25) is 0 Å². The number of hydrogen-bond donors (Lipinski definition) is 0. The Hall–Kier alpha value is -2.14. The van der Waals surface area contributed by atoms with Crippen LogP contribution in [0.15, 0.2) is 18.3 Å². The highest BCUT2D eigenvalue weighted by molar-refractivity contribution is 6.33. The summed E-state index contributed by atoms with van der Waals surface area (Å²) in [6, 6.07) is 3.60. The lowest BCUT2D eigenvalue weighted by atomic mass is 9.59. The zero-order valence-corrected chi connectivity index (χ0v) is 13.1. The van der Waals surface area contributed by atoms with E-state index in [0.717, 1.165) is 6.54 Å². The Bertz CT molecular complexity index is 873. The van der Waals surface area contributed by atoms with Gasteiger partial charge >= 0.3 is 0 Å². The number of aldehydes is 1. The minimum atomic E-state index is -0.0945. The molecule has 0 spiro atoms. The number of nitrogens with zero attached hydrogens (tertiary/aromatic N) is 3. The van der Waals surface area contributed by atoms with Crippen LogP contribution in [0.4, 0.5) is 5.82 Å². The Morgan fingerprint density at radius 1 is 1.26 bits per heavy atom. The summed E-state index contributed by atoms with van der Waals surface area (Å²) >= 11 is 6.07. The number of pyridine rings is 1. The van der Waals surface area contributed by atoms with Gasteiger partial charge in [-0.15, -0.1) is 0 Å². The Balaban J connectivity index is 1.59. The average Bonchev–Trinajstić information content (AvgIpc) is 2.83. The maximum absolute atomic E-state index is 12.9. The van der Waals surface area contributed by atoms with E-state index in [4.69, 9.17) is 11.6 Å². The van der Waals surface area contributed by atoms with E-state index in [2.05, 4.69) is 9.55 Å². The molecule has 1 fully saturated rings. The Morgan fingerprint density at radius 2 is 2.09 bits per heavy atom. The van der Waals surface area contributed by atoms with Crippen molar-refractivity contribution in [3.63, 3.8) is 0 Å². The molecule has 0 aromatic carbocycles. The van der Waals surface area contributed by atoms with Crippen molar-refractivity contribution in [2.75, 3.05) is 11.4 Å². The third kappa shape index (κ3) is 1.55. The Kier molecular flexibility index (Phi) is 2.57. The van der Waals surface area contributed by atoms with Gasteiger partial charge in [0.05, 0.1) is 10.6 Å². The maximum atomic E-state index is 12.9. The van der Waals surface area contributed by atoms with Crippen LogP contribution in [-0.4, -0.2) is 28.3 Å². The molecule has 5 rings (SSSR count). The van der Waals surface area contributed by atoms with E-state index >= 15 is 0 Å². The van der Waals surface area contributed by atoms with Crippen LogP contribution in [0.5, 0.6) is 0 Å². The van der Waals surface area contributed by atoms with E-state index in [0.29, 0.717) is 41.2 Å². The van der Waals surface area contributed by atoms with Gasteiger partial charge in [-0.05, 0) is 36.5 Å². The molecular formula is C17H14ClN3O2. The fraction of sp³-hybridized carbons (Fsp3) is 0.353. The van der Waals surface area contributed by atoms with Gasteiger partial charge in [-0.1, -0.05) is 11.6 Å². The lowest BCUT2D eigenvalue weighted by Gasteiger charge is -2.47. The lowest BCUT2D eigenvalue weighted by molar-refractivity contribution is 0.0962. The topological polar surface area (TPSA) is 55.2 Å². The number of carbonyl (C=O) groups is 2. The molecule has 0 bridgehead atoms. The molecule has 2 aromatic heterocycles. The zero-order chi connectivity index (χ0) is 15.7. The molecule has 0 radical (unpaired) electrons. The molecule has 1 amide bonds. The van der Waals surface area contributed by atoms with E-state index < -0.39 is 0 Å². The number of aromatic nitrogens is 2. The average molecular weight is 328 g/mol. The number of halogens is 1. The van der Waals surface area contributed by atoms with Crippen molar-refractivity contribution in [2.24, 2.45) is 0 Å². The van der Waals surface area contributed by atoms with Crippen LogP contribution in [-0.2, 0) is 6.54 Å². The van der Waals surface area contributed by atoms with E-state index in [9.17, 15) is 9.59 Å². The third-order valence-corrected chi connectivity index (χ3v) is 5.83. The Morgan fingerprint density at radius 3 is 2.83 bits per heavy atom. The van der Waals surface area contributed by atoms with Gasteiger partial charge < -0.3 is 4.57 Å². The van der Waals surface area contributed by atoms with Crippen molar-refractivity contribution in [1.29, 1.82) is 0 Å². The molecule has 0 saturated heterocycles. The minimum Gasteiger partial charge on any atom is -0.338 e. The fourth-order valence-corrected chi connectivity index (χ4v) is 4.41. The van der Waals surface area contributed by atoms with Gasteiger partial charge in [-0.2, -0.15) is 0 Å². The van der Waals surface area contributed by atoms with Crippen LogP contribution >= 0.6 is 11.6 Å². The fourth-order valence-electron chi connectivity index (χ4n) is 4.22. The van der Waals surface area contributed by atoms with Gasteiger partial charge in [0, 0.05) is 30.9 Å². The number of fused-ring (bicyclic) bond motifs is 6. The van der Waals surface area contributed by atoms with Crippen molar-refractivity contribution < 1.29 is 9.59 Å². The number of anilines is 1. The molecule has 6 heteroatoms. The van der Waals surface area contributed by atoms with Crippen molar-refractivity contribution in [3.05, 3.63) is 45.9 Å². The van der Waals surface area contributed by atoms with Gasteiger partial charge in [0.25, 0.3) is 5.91 Å². The number of hydrogen-bond acceptors (Lipinski definition) is 3. The summed E-state index contributed by atoms with van der Waals surface area (Å²) in [5.74, 6) is 1.59. The second-order valence-electron chi connectivity index (χ2n) is 6.42. The number of rotatable bonds is 2. The quantitative estimate of drug-likeness (QED) is 0.797. The molecule has 1 aliphatic heterocycles. The van der Waals surface area contributed by atoms with Gasteiger partial charge in [0.1, 0.15) is 11.5 Å². The SMILES string of the molecule is O=Cc1c(Cl)ccnc1N1CCn2c(cc3c2[C@@H]2CCC32)C1=O. The molecule has 3 heterocycles. The van der Waals surface area contributed by atoms with Crippen LogP contribution in [0.1, 0.15) is 56.8 Å². The summed E-state index contributed by atoms with van der Waals surface area (Å²) < 4.78 is 2.17. The normalized spacial score (nSPS) is 24.2. The standard InChI is InChI=1S/C17H14ClN3O2/c18-13-3-4-19-16(12(13)8-22)21-6-5-20-14(17(21)23)7-11-9-1-2-10(9)15(11)20/h3-4,7-10H,1-2,5-6H2/t9?,10-/m1/s1. The molecule has 2 atom stereocenters. The zero-order valence-electron chi connectivity index (χ0n) is 12.3. The van der Waals surface area contributed by atoms with Crippen LogP contribution < -0.4 is 4.90 Å². The third-order valence-electron chi connectivity index (χ3n) is 5.50. The molecule has 2 aliphatic carbocycles. The first kappa shape index (κ1) is 13.3. The highest BCUT2D eigenvalue weighted by Crippen LogP contribution is 2.60. The smallest absolute Gasteiger partial charge is 0.276 e. The van der Waals surface area contributed by atoms with Crippen molar-refractivity contribution >= 4 is 29.6 Å². The van der Waals surface area contributed by atoms with Crippen LogP contribution in [0, 0.1) is 0 Å². The van der Waals surface area contributed by atoms with Crippen molar-refractivity contribution in [2.45, 2.75) is 31.2 Å². The largest absolute Gasteiger partial charge is 0.338 e. The first-order chi connectivity index (χ1) is 11.2. The van der Waals surface area contributed by atoms with Crippen LogP contribution in [0.3, 0.4) is 0 Å². The van der Waals surface area contributed by atoms with Gasteiger partial charge in [-0.25, -0.2) is 4.98 Å². The number of carbonyl (C=O) groups excluding carboxylic acids is 2. The first-order valence-electron chi connectivity index (χ1n) is 7.85. The van der Waals surface area contributed by atoms with E-state index in [1.807, 2.05) is 6.07 Å². The molecule has 1 saturated carbocycles. The summed E-state index contributed by atoms with van der Waals surface area (Å²) in [6.45, 7) is 1.25. The molecule has 0 N–H and O–H groups in total.